The highest BCUT2D eigenvalue weighted by Crippen LogP contribution is 2.34. The number of aliphatic carboxylic acids is 1. The summed E-state index contributed by atoms with van der Waals surface area (Å²) in [7, 11) is 0. The Bertz CT molecular complexity index is 372. The lowest BCUT2D eigenvalue weighted by Gasteiger charge is -2.40. The van der Waals surface area contributed by atoms with Crippen LogP contribution in [0.3, 0.4) is 0 Å². The largest absolute Gasteiger partial charge is 0.479 e. The molecule has 2 aliphatic heterocycles. The summed E-state index contributed by atoms with van der Waals surface area (Å²) in [6.07, 6.45) is 4.02. The van der Waals surface area contributed by atoms with Crippen molar-refractivity contribution in [2.24, 2.45) is 5.92 Å². The number of amides is 2. The van der Waals surface area contributed by atoms with Gasteiger partial charge in [-0.1, -0.05) is 13.8 Å². The van der Waals surface area contributed by atoms with Crippen molar-refractivity contribution in [2.45, 2.75) is 51.5 Å². The Hall–Kier alpha value is -1.26. The zero-order valence-electron chi connectivity index (χ0n) is 11.9. The van der Waals surface area contributed by atoms with E-state index in [4.69, 9.17) is 0 Å². The Morgan fingerprint density at radius 3 is 2.63 bits per heavy atom. The van der Waals surface area contributed by atoms with E-state index in [0.717, 1.165) is 32.4 Å². The Morgan fingerprint density at radius 1 is 1.32 bits per heavy atom. The van der Waals surface area contributed by atoms with Gasteiger partial charge in [0.2, 0.25) is 0 Å². The fraction of sp³-hybridized carbons (Fsp3) is 0.857. The summed E-state index contributed by atoms with van der Waals surface area (Å²) in [4.78, 5) is 27.7. The number of carboxylic acid groups (broad SMARTS) is 1. The van der Waals surface area contributed by atoms with E-state index in [1.165, 1.54) is 0 Å². The molecule has 2 saturated heterocycles. The number of rotatable bonds is 2. The van der Waals surface area contributed by atoms with Crippen molar-refractivity contribution in [3.63, 3.8) is 0 Å². The van der Waals surface area contributed by atoms with Gasteiger partial charge in [0.05, 0.1) is 0 Å². The molecule has 1 N–H and O–H groups in total. The number of carboxylic acids is 1. The zero-order valence-corrected chi connectivity index (χ0v) is 11.9. The molecule has 2 amide bonds. The minimum atomic E-state index is -0.974. The zero-order chi connectivity index (χ0) is 14.0. The first kappa shape index (κ1) is 14.2. The molecule has 0 bridgehead atoms. The SMILES string of the molecule is CCC1(C(=O)O)CCCN1C(=O)N1CCCC(C)C1. The average Bonchev–Trinajstić information content (AvgIpc) is 2.82. The van der Waals surface area contributed by atoms with Crippen LogP contribution in [0.1, 0.15) is 46.0 Å². The highest BCUT2D eigenvalue weighted by atomic mass is 16.4. The first-order valence-corrected chi connectivity index (χ1v) is 7.31. The number of hydrogen-bond acceptors (Lipinski definition) is 2. The Balaban J connectivity index is 2.15. The second-order valence-electron chi connectivity index (χ2n) is 5.92. The second-order valence-corrected chi connectivity index (χ2v) is 5.92. The lowest BCUT2D eigenvalue weighted by Crippen LogP contribution is -2.57. The molecular weight excluding hydrogens is 244 g/mol. The molecule has 5 nitrogen and oxygen atoms in total. The number of nitrogens with zero attached hydrogens (tertiary/aromatic N) is 2. The number of carbonyl (C=O) groups excluding carboxylic acids is 1. The monoisotopic (exact) mass is 268 g/mol. The van der Waals surface area contributed by atoms with Gasteiger partial charge in [-0.3, -0.25) is 0 Å². The van der Waals surface area contributed by atoms with Gasteiger partial charge in [-0.15, -0.1) is 0 Å². The van der Waals surface area contributed by atoms with E-state index < -0.39 is 11.5 Å². The van der Waals surface area contributed by atoms with Crippen LogP contribution in [0.5, 0.6) is 0 Å². The van der Waals surface area contributed by atoms with E-state index in [1.54, 1.807) is 4.90 Å². The van der Waals surface area contributed by atoms with Crippen molar-refractivity contribution in [3.05, 3.63) is 0 Å². The predicted octanol–water partition coefficient (Wildman–Crippen LogP) is 2.17. The molecule has 19 heavy (non-hydrogen) atoms. The van der Waals surface area contributed by atoms with Crippen molar-refractivity contribution in [3.8, 4) is 0 Å². The molecule has 2 rings (SSSR count). The molecule has 0 aromatic carbocycles. The molecule has 0 aromatic heterocycles. The third-order valence-corrected chi connectivity index (χ3v) is 4.63. The maximum Gasteiger partial charge on any atom is 0.329 e. The van der Waals surface area contributed by atoms with Crippen LogP contribution < -0.4 is 0 Å². The molecule has 0 spiro atoms. The van der Waals surface area contributed by atoms with Crippen LogP contribution in [0.15, 0.2) is 0 Å². The van der Waals surface area contributed by atoms with Crippen LogP contribution in [0.2, 0.25) is 0 Å². The van der Waals surface area contributed by atoms with E-state index in [-0.39, 0.29) is 6.03 Å². The third-order valence-electron chi connectivity index (χ3n) is 4.63. The van der Waals surface area contributed by atoms with E-state index in [9.17, 15) is 14.7 Å². The van der Waals surface area contributed by atoms with Gasteiger partial charge < -0.3 is 14.9 Å². The van der Waals surface area contributed by atoms with Gasteiger partial charge in [0.1, 0.15) is 5.54 Å². The van der Waals surface area contributed by atoms with Crippen molar-refractivity contribution in [1.82, 2.24) is 9.80 Å². The van der Waals surface area contributed by atoms with Gasteiger partial charge in [-0.05, 0) is 38.0 Å². The van der Waals surface area contributed by atoms with Crippen molar-refractivity contribution in [1.29, 1.82) is 0 Å². The number of hydrogen-bond donors (Lipinski definition) is 1. The smallest absolute Gasteiger partial charge is 0.329 e. The first-order valence-electron chi connectivity index (χ1n) is 7.31. The molecule has 2 aliphatic rings. The van der Waals surface area contributed by atoms with E-state index in [1.807, 2.05) is 11.8 Å². The number of likely N-dealkylation sites (tertiary alicyclic amines) is 2. The molecule has 108 valence electrons. The maximum absolute atomic E-state index is 12.6. The number of urea groups is 1. The molecule has 2 atom stereocenters. The lowest BCUT2D eigenvalue weighted by molar-refractivity contribution is -0.148. The van der Waals surface area contributed by atoms with Crippen molar-refractivity contribution < 1.29 is 14.7 Å². The summed E-state index contributed by atoms with van der Waals surface area (Å²) < 4.78 is 0. The second kappa shape index (κ2) is 5.39. The normalized spacial score (nSPS) is 31.6. The summed E-state index contributed by atoms with van der Waals surface area (Å²) in [6, 6.07) is -0.0756. The third kappa shape index (κ3) is 2.42. The van der Waals surface area contributed by atoms with E-state index in [0.29, 0.717) is 25.3 Å². The summed E-state index contributed by atoms with van der Waals surface area (Å²) in [5, 5.41) is 9.52. The molecule has 2 unspecified atom stereocenters. The highest BCUT2D eigenvalue weighted by Gasteiger charge is 2.49. The summed E-state index contributed by atoms with van der Waals surface area (Å²) in [6.45, 7) is 6.10. The quantitative estimate of drug-likeness (QED) is 0.835. The molecule has 0 aliphatic carbocycles. The topological polar surface area (TPSA) is 60.9 Å². The molecule has 0 radical (unpaired) electrons. The molecule has 0 aromatic rings. The fourth-order valence-electron chi connectivity index (χ4n) is 3.43. The van der Waals surface area contributed by atoms with Gasteiger partial charge in [0, 0.05) is 19.6 Å². The minimum Gasteiger partial charge on any atom is -0.479 e. The summed E-state index contributed by atoms with van der Waals surface area (Å²) >= 11 is 0. The average molecular weight is 268 g/mol. The van der Waals surface area contributed by atoms with Gasteiger partial charge in [0.15, 0.2) is 0 Å². The molecular formula is C14H24N2O3. The van der Waals surface area contributed by atoms with Crippen LogP contribution >= 0.6 is 0 Å². The van der Waals surface area contributed by atoms with Crippen molar-refractivity contribution >= 4 is 12.0 Å². The standard InChI is InChI=1S/C14H24N2O3/c1-3-14(12(17)18)7-5-9-16(14)13(19)15-8-4-6-11(2)10-15/h11H,3-10H2,1-2H3,(H,17,18). The fourth-order valence-corrected chi connectivity index (χ4v) is 3.43. The van der Waals surface area contributed by atoms with E-state index in [2.05, 4.69) is 6.92 Å². The van der Waals surface area contributed by atoms with Crippen LogP contribution in [0.4, 0.5) is 4.79 Å². The van der Waals surface area contributed by atoms with Gasteiger partial charge >= 0.3 is 12.0 Å². The maximum atomic E-state index is 12.6. The number of carbonyl (C=O) groups is 2. The van der Waals surface area contributed by atoms with Crippen LogP contribution in [-0.2, 0) is 4.79 Å². The molecule has 5 heteroatoms. The summed E-state index contributed by atoms with van der Waals surface area (Å²) in [5.41, 5.74) is -0.974. The Morgan fingerprint density at radius 2 is 2.05 bits per heavy atom. The van der Waals surface area contributed by atoms with Crippen LogP contribution in [0, 0.1) is 5.92 Å². The molecule has 2 fully saturated rings. The van der Waals surface area contributed by atoms with Crippen LogP contribution in [-0.4, -0.2) is 52.1 Å². The predicted molar refractivity (Wildman–Crippen MR) is 72.0 cm³/mol. The Kier molecular flexibility index (Phi) is 4.02. The van der Waals surface area contributed by atoms with E-state index >= 15 is 0 Å². The van der Waals surface area contributed by atoms with Crippen LogP contribution in [0.25, 0.3) is 0 Å². The molecule has 2 heterocycles. The number of piperidine rings is 1. The highest BCUT2D eigenvalue weighted by molar-refractivity contribution is 5.87. The summed E-state index contributed by atoms with van der Waals surface area (Å²) in [5.74, 6) is -0.341. The lowest BCUT2D eigenvalue weighted by atomic mass is 9.93. The Labute approximate surface area is 114 Å². The van der Waals surface area contributed by atoms with Gasteiger partial charge in [-0.25, -0.2) is 9.59 Å². The minimum absolute atomic E-state index is 0.0756. The molecule has 0 saturated carbocycles. The van der Waals surface area contributed by atoms with Crippen molar-refractivity contribution in [2.75, 3.05) is 19.6 Å². The van der Waals surface area contributed by atoms with Gasteiger partial charge in [0.25, 0.3) is 0 Å². The van der Waals surface area contributed by atoms with Gasteiger partial charge in [-0.2, -0.15) is 0 Å². The first-order chi connectivity index (χ1) is 9.01.